The van der Waals surface area contributed by atoms with Crippen LogP contribution in [0.25, 0.3) is 10.9 Å². The normalized spacial score (nSPS) is 16.1. The van der Waals surface area contributed by atoms with E-state index in [4.69, 9.17) is 21.1 Å². The molecule has 2 aromatic carbocycles. The molecule has 0 aliphatic carbocycles. The number of hydrogen-bond donors (Lipinski definition) is 0. The third kappa shape index (κ3) is 4.03. The van der Waals surface area contributed by atoms with Crippen molar-refractivity contribution in [2.75, 3.05) is 20.2 Å². The molecule has 6 nitrogen and oxygen atoms in total. The topological polar surface area (TPSA) is 68.7 Å². The number of ether oxygens (including phenoxy) is 2. The molecule has 1 saturated heterocycles. The minimum atomic E-state index is -3.70. The second-order valence-electron chi connectivity index (χ2n) is 6.85. The number of para-hydroxylation sites is 1. The number of hydrogen-bond acceptors (Lipinski definition) is 5. The molecule has 2 heterocycles. The van der Waals surface area contributed by atoms with Gasteiger partial charge in [-0.25, -0.2) is 8.42 Å². The van der Waals surface area contributed by atoms with Crippen molar-refractivity contribution in [2.45, 2.75) is 23.8 Å². The predicted molar refractivity (Wildman–Crippen MR) is 112 cm³/mol. The lowest BCUT2D eigenvalue weighted by molar-refractivity contribution is 0.136. The van der Waals surface area contributed by atoms with Crippen LogP contribution >= 0.6 is 11.6 Å². The zero-order valence-corrected chi connectivity index (χ0v) is 17.5. The molecule has 0 N–H and O–H groups in total. The first-order chi connectivity index (χ1) is 14.0. The summed E-state index contributed by atoms with van der Waals surface area (Å²) in [5, 5.41) is 1.36. The highest BCUT2D eigenvalue weighted by Crippen LogP contribution is 2.32. The lowest BCUT2D eigenvalue weighted by Crippen LogP contribution is -2.41. The maximum atomic E-state index is 13.1. The molecule has 1 aliphatic heterocycles. The zero-order valence-electron chi connectivity index (χ0n) is 15.9. The van der Waals surface area contributed by atoms with Crippen LogP contribution in [0.3, 0.4) is 0 Å². The molecule has 0 bridgehead atoms. The first-order valence-corrected chi connectivity index (χ1v) is 11.1. The van der Waals surface area contributed by atoms with Gasteiger partial charge in [0.25, 0.3) is 0 Å². The van der Waals surface area contributed by atoms with Gasteiger partial charge in [-0.2, -0.15) is 4.31 Å². The molecular formula is C21H21ClN2O4S. The minimum Gasteiger partial charge on any atom is -0.495 e. The van der Waals surface area contributed by atoms with E-state index in [1.54, 1.807) is 18.3 Å². The lowest BCUT2D eigenvalue weighted by Gasteiger charge is -2.31. The molecule has 152 valence electrons. The molecule has 0 saturated carbocycles. The Hall–Kier alpha value is -2.35. The summed E-state index contributed by atoms with van der Waals surface area (Å²) in [4.78, 5) is 4.50. The summed E-state index contributed by atoms with van der Waals surface area (Å²) in [7, 11) is -2.26. The molecule has 0 spiro atoms. The number of rotatable bonds is 5. The van der Waals surface area contributed by atoms with Gasteiger partial charge >= 0.3 is 0 Å². The van der Waals surface area contributed by atoms with Crippen molar-refractivity contribution in [3.05, 3.63) is 59.8 Å². The van der Waals surface area contributed by atoms with Gasteiger partial charge in [0.1, 0.15) is 28.0 Å². The summed E-state index contributed by atoms with van der Waals surface area (Å²) in [5.41, 5.74) is 0.814. The van der Waals surface area contributed by atoms with E-state index in [9.17, 15) is 8.42 Å². The SMILES string of the molecule is COc1ccc(Cl)cc1S(=O)(=O)N1CCC(Oc2cccc3cccnc23)CC1. The summed E-state index contributed by atoms with van der Waals surface area (Å²) >= 11 is 6.02. The number of halogens is 1. The van der Waals surface area contributed by atoms with E-state index in [1.165, 1.54) is 17.5 Å². The van der Waals surface area contributed by atoms with Gasteiger partial charge in [0.15, 0.2) is 0 Å². The number of sulfonamides is 1. The third-order valence-corrected chi connectivity index (χ3v) is 7.19. The van der Waals surface area contributed by atoms with E-state index >= 15 is 0 Å². The quantitative estimate of drug-likeness (QED) is 0.606. The van der Waals surface area contributed by atoms with Gasteiger partial charge in [0.2, 0.25) is 10.0 Å². The van der Waals surface area contributed by atoms with Gasteiger partial charge in [0, 0.05) is 29.7 Å². The van der Waals surface area contributed by atoms with Gasteiger partial charge in [-0.1, -0.05) is 29.8 Å². The molecule has 0 radical (unpaired) electrons. The van der Waals surface area contributed by atoms with E-state index in [-0.39, 0.29) is 16.7 Å². The molecule has 0 atom stereocenters. The zero-order chi connectivity index (χ0) is 20.4. The van der Waals surface area contributed by atoms with Crippen molar-refractivity contribution in [1.82, 2.24) is 9.29 Å². The first kappa shape index (κ1) is 19.9. The molecule has 0 amide bonds. The average molecular weight is 433 g/mol. The van der Waals surface area contributed by atoms with Gasteiger partial charge in [-0.05, 0) is 43.2 Å². The smallest absolute Gasteiger partial charge is 0.246 e. The van der Waals surface area contributed by atoms with Crippen molar-refractivity contribution < 1.29 is 17.9 Å². The predicted octanol–water partition coefficient (Wildman–Crippen LogP) is 4.13. The molecule has 0 unspecified atom stereocenters. The standard InChI is InChI=1S/C21H21ClN2O4S/c1-27-18-8-7-16(22)14-20(18)29(25,26)24-12-9-17(10-13-24)28-19-6-2-4-15-5-3-11-23-21(15)19/h2-8,11,14,17H,9-10,12-13H2,1H3. The van der Waals surface area contributed by atoms with Crippen LogP contribution in [0.15, 0.2) is 59.6 Å². The fourth-order valence-electron chi connectivity index (χ4n) is 3.53. The number of piperidine rings is 1. The number of nitrogens with zero attached hydrogens (tertiary/aromatic N) is 2. The van der Waals surface area contributed by atoms with Gasteiger partial charge in [-0.15, -0.1) is 0 Å². The van der Waals surface area contributed by atoms with Gasteiger partial charge in [0.05, 0.1) is 7.11 Å². The van der Waals surface area contributed by atoms with Crippen LogP contribution < -0.4 is 9.47 Å². The van der Waals surface area contributed by atoms with Crippen molar-refractivity contribution in [3.8, 4) is 11.5 Å². The highest BCUT2D eigenvalue weighted by Gasteiger charge is 2.32. The highest BCUT2D eigenvalue weighted by molar-refractivity contribution is 7.89. The van der Waals surface area contributed by atoms with Crippen LogP contribution in [-0.2, 0) is 10.0 Å². The van der Waals surface area contributed by atoms with Crippen LogP contribution in [0.5, 0.6) is 11.5 Å². The average Bonchev–Trinajstić information content (AvgIpc) is 2.74. The Morgan fingerprint density at radius 1 is 1.07 bits per heavy atom. The molecule has 8 heteroatoms. The maximum Gasteiger partial charge on any atom is 0.246 e. The van der Waals surface area contributed by atoms with E-state index in [2.05, 4.69) is 4.98 Å². The van der Waals surface area contributed by atoms with Gasteiger partial charge in [-0.3, -0.25) is 4.98 Å². The van der Waals surface area contributed by atoms with Crippen LogP contribution in [0, 0.1) is 0 Å². The van der Waals surface area contributed by atoms with Crippen LogP contribution in [0.2, 0.25) is 5.02 Å². The number of pyridine rings is 1. The Kier molecular flexibility index (Phi) is 5.63. The first-order valence-electron chi connectivity index (χ1n) is 9.33. The van der Waals surface area contributed by atoms with E-state index in [0.717, 1.165) is 16.7 Å². The Balaban J connectivity index is 1.49. The second kappa shape index (κ2) is 8.18. The summed E-state index contributed by atoms with van der Waals surface area (Å²) in [5.74, 6) is 1.01. The molecule has 29 heavy (non-hydrogen) atoms. The van der Waals surface area contributed by atoms with Crippen LogP contribution in [0.1, 0.15) is 12.8 Å². The molecule has 1 fully saturated rings. The fraction of sp³-hybridized carbons (Fsp3) is 0.286. The Bertz CT molecular complexity index is 1120. The summed E-state index contributed by atoms with van der Waals surface area (Å²) in [6.45, 7) is 0.724. The van der Waals surface area contributed by atoms with E-state index in [1.807, 2.05) is 30.3 Å². The maximum absolute atomic E-state index is 13.1. The number of methoxy groups -OCH3 is 1. The Morgan fingerprint density at radius 2 is 1.83 bits per heavy atom. The van der Waals surface area contributed by atoms with Crippen molar-refractivity contribution in [1.29, 1.82) is 0 Å². The minimum absolute atomic E-state index is 0.0738. The van der Waals surface area contributed by atoms with Crippen molar-refractivity contribution in [3.63, 3.8) is 0 Å². The third-order valence-electron chi connectivity index (χ3n) is 5.03. The van der Waals surface area contributed by atoms with Gasteiger partial charge < -0.3 is 9.47 Å². The van der Waals surface area contributed by atoms with Crippen molar-refractivity contribution in [2.24, 2.45) is 0 Å². The van der Waals surface area contributed by atoms with Crippen LogP contribution in [0.4, 0.5) is 0 Å². The fourth-order valence-corrected chi connectivity index (χ4v) is 5.42. The summed E-state index contributed by atoms with van der Waals surface area (Å²) in [6.07, 6.45) is 2.84. The molecule has 4 rings (SSSR count). The largest absolute Gasteiger partial charge is 0.495 e. The number of fused-ring (bicyclic) bond motifs is 1. The van der Waals surface area contributed by atoms with E-state index in [0.29, 0.717) is 31.0 Å². The van der Waals surface area contributed by atoms with E-state index < -0.39 is 10.0 Å². The molecule has 1 aliphatic rings. The number of benzene rings is 2. The Morgan fingerprint density at radius 3 is 2.59 bits per heavy atom. The molecule has 3 aromatic rings. The Labute approximate surface area is 175 Å². The second-order valence-corrected chi connectivity index (χ2v) is 9.19. The van der Waals surface area contributed by atoms with Crippen LogP contribution in [-0.4, -0.2) is 44.0 Å². The molecule has 1 aromatic heterocycles. The summed E-state index contributed by atoms with van der Waals surface area (Å²) in [6, 6.07) is 14.3. The van der Waals surface area contributed by atoms with Crippen molar-refractivity contribution >= 4 is 32.5 Å². The molecular weight excluding hydrogens is 412 g/mol. The lowest BCUT2D eigenvalue weighted by atomic mass is 10.1. The highest BCUT2D eigenvalue weighted by atomic mass is 35.5. The number of aromatic nitrogens is 1. The monoisotopic (exact) mass is 432 g/mol. The summed E-state index contributed by atoms with van der Waals surface area (Å²) < 4.78 is 39.0.